The average Bonchev–Trinajstić information content (AvgIpc) is 3.05. The quantitative estimate of drug-likeness (QED) is 0.318. The molecule has 2 aromatic heterocycles. The summed E-state index contributed by atoms with van der Waals surface area (Å²) < 4.78 is 0. The molecule has 0 saturated heterocycles. The van der Waals surface area contributed by atoms with Crippen LogP contribution in [0.4, 0.5) is 0 Å². The minimum absolute atomic E-state index is 0.0831. The smallest absolute Gasteiger partial charge is 0.205 e. The molecular formula is C13H11N7O. The Balaban J connectivity index is 1.97. The number of aromatic nitrogens is 5. The molecular weight excluding hydrogens is 270 g/mol. The van der Waals surface area contributed by atoms with Crippen LogP contribution in [0.3, 0.4) is 0 Å². The summed E-state index contributed by atoms with van der Waals surface area (Å²) in [5.74, 6) is 0.834. The molecule has 0 bridgehead atoms. The van der Waals surface area contributed by atoms with E-state index in [4.69, 9.17) is 10.9 Å². The molecule has 3 N–H and O–H groups in total. The number of nitrogens with zero attached hydrogens (tertiary/aromatic N) is 6. The van der Waals surface area contributed by atoms with Gasteiger partial charge in [0.25, 0.3) is 0 Å². The van der Waals surface area contributed by atoms with Gasteiger partial charge >= 0.3 is 0 Å². The van der Waals surface area contributed by atoms with Crippen LogP contribution >= 0.6 is 0 Å². The first-order valence-electron chi connectivity index (χ1n) is 6.09. The van der Waals surface area contributed by atoms with Crippen LogP contribution in [0.1, 0.15) is 5.69 Å². The van der Waals surface area contributed by atoms with E-state index in [9.17, 15) is 0 Å². The molecule has 0 unspecified atom stereocenters. The van der Waals surface area contributed by atoms with E-state index >= 15 is 0 Å². The predicted octanol–water partition coefficient (Wildman–Crippen LogP) is 0.819. The zero-order valence-corrected chi connectivity index (χ0v) is 10.8. The number of rotatable bonds is 3. The Bertz CT molecular complexity index is 782. The number of oxime groups is 1. The second-order valence-corrected chi connectivity index (χ2v) is 4.13. The van der Waals surface area contributed by atoms with Crippen LogP contribution in [0.5, 0.6) is 0 Å². The van der Waals surface area contributed by atoms with Gasteiger partial charge in [-0.2, -0.15) is 0 Å². The van der Waals surface area contributed by atoms with Crippen LogP contribution in [0.25, 0.3) is 17.2 Å². The summed E-state index contributed by atoms with van der Waals surface area (Å²) >= 11 is 0. The first-order chi connectivity index (χ1) is 10.3. The van der Waals surface area contributed by atoms with Crippen molar-refractivity contribution in [2.24, 2.45) is 10.9 Å². The van der Waals surface area contributed by atoms with Gasteiger partial charge in [0, 0.05) is 5.56 Å². The van der Waals surface area contributed by atoms with Gasteiger partial charge in [-0.05, 0) is 17.3 Å². The van der Waals surface area contributed by atoms with Crippen LogP contribution in [-0.2, 0) is 0 Å². The second kappa shape index (κ2) is 5.37. The van der Waals surface area contributed by atoms with Crippen molar-refractivity contribution >= 4 is 5.84 Å². The third-order valence-corrected chi connectivity index (χ3v) is 2.76. The standard InChI is InChI=1S/C13H11N7O/c14-12(18-21)10-7-4-8-11(15-10)20-17-13(16-19-20)9-5-2-1-3-6-9/h1-8,21H,(H2,14,18). The van der Waals surface area contributed by atoms with E-state index in [1.165, 1.54) is 4.80 Å². The molecule has 8 nitrogen and oxygen atoms in total. The number of hydrogen-bond acceptors (Lipinski definition) is 6. The van der Waals surface area contributed by atoms with E-state index in [0.717, 1.165) is 5.56 Å². The largest absolute Gasteiger partial charge is 0.409 e. The molecule has 0 spiro atoms. The summed E-state index contributed by atoms with van der Waals surface area (Å²) in [7, 11) is 0. The Morgan fingerprint density at radius 2 is 1.90 bits per heavy atom. The number of tetrazole rings is 1. The molecule has 0 aliphatic rings. The minimum atomic E-state index is -0.0831. The summed E-state index contributed by atoms with van der Waals surface area (Å²) in [6.07, 6.45) is 0. The van der Waals surface area contributed by atoms with Crippen LogP contribution in [0.2, 0.25) is 0 Å². The molecule has 0 atom stereocenters. The molecule has 0 radical (unpaired) electrons. The summed E-state index contributed by atoms with van der Waals surface area (Å²) in [5.41, 5.74) is 6.69. The molecule has 0 amide bonds. The molecule has 21 heavy (non-hydrogen) atoms. The zero-order chi connectivity index (χ0) is 14.7. The summed E-state index contributed by atoms with van der Waals surface area (Å²) in [6.45, 7) is 0. The first-order valence-corrected chi connectivity index (χ1v) is 6.09. The van der Waals surface area contributed by atoms with Crippen molar-refractivity contribution in [3.05, 3.63) is 54.2 Å². The normalized spacial score (nSPS) is 11.5. The lowest BCUT2D eigenvalue weighted by atomic mass is 10.2. The van der Waals surface area contributed by atoms with Crippen molar-refractivity contribution < 1.29 is 5.21 Å². The van der Waals surface area contributed by atoms with Crippen LogP contribution in [0.15, 0.2) is 53.7 Å². The maximum absolute atomic E-state index is 8.68. The Morgan fingerprint density at radius 3 is 2.67 bits per heavy atom. The van der Waals surface area contributed by atoms with Crippen LogP contribution in [0, 0.1) is 0 Å². The topological polar surface area (TPSA) is 115 Å². The summed E-state index contributed by atoms with van der Waals surface area (Å²) in [4.78, 5) is 5.49. The lowest BCUT2D eigenvalue weighted by Gasteiger charge is -2.00. The number of hydrogen-bond donors (Lipinski definition) is 2. The fraction of sp³-hybridized carbons (Fsp3) is 0. The van der Waals surface area contributed by atoms with E-state index in [1.807, 2.05) is 30.3 Å². The van der Waals surface area contributed by atoms with Gasteiger partial charge in [-0.25, -0.2) is 4.98 Å². The summed E-state index contributed by atoms with van der Waals surface area (Å²) in [6, 6.07) is 14.5. The third-order valence-electron chi connectivity index (χ3n) is 2.76. The Kier molecular flexibility index (Phi) is 3.26. The third kappa shape index (κ3) is 2.54. The highest BCUT2D eigenvalue weighted by molar-refractivity contribution is 5.95. The van der Waals surface area contributed by atoms with Gasteiger partial charge in [0.2, 0.25) is 5.82 Å². The highest BCUT2D eigenvalue weighted by atomic mass is 16.4. The Hall–Kier alpha value is -3.29. The molecule has 3 aromatic rings. The molecule has 0 aliphatic carbocycles. The van der Waals surface area contributed by atoms with E-state index in [1.54, 1.807) is 18.2 Å². The van der Waals surface area contributed by atoms with Crippen LogP contribution in [-0.4, -0.2) is 36.2 Å². The Labute approximate surface area is 119 Å². The van der Waals surface area contributed by atoms with Gasteiger partial charge < -0.3 is 10.9 Å². The molecule has 0 saturated carbocycles. The lowest BCUT2D eigenvalue weighted by molar-refractivity contribution is 0.318. The van der Waals surface area contributed by atoms with Crippen molar-refractivity contribution in [2.75, 3.05) is 0 Å². The molecule has 0 aliphatic heterocycles. The highest BCUT2D eigenvalue weighted by Gasteiger charge is 2.09. The fourth-order valence-electron chi connectivity index (χ4n) is 1.74. The van der Waals surface area contributed by atoms with Gasteiger partial charge in [0.1, 0.15) is 5.69 Å². The van der Waals surface area contributed by atoms with Gasteiger partial charge in [-0.3, -0.25) is 0 Å². The monoisotopic (exact) mass is 281 g/mol. The van der Waals surface area contributed by atoms with Gasteiger partial charge in [-0.1, -0.05) is 41.6 Å². The lowest BCUT2D eigenvalue weighted by Crippen LogP contribution is -2.16. The highest BCUT2D eigenvalue weighted by Crippen LogP contribution is 2.13. The number of pyridine rings is 1. The maximum atomic E-state index is 8.68. The van der Waals surface area contributed by atoms with Gasteiger partial charge in [-0.15, -0.1) is 15.0 Å². The second-order valence-electron chi connectivity index (χ2n) is 4.13. The number of nitrogens with two attached hydrogens (primary N) is 1. The zero-order valence-electron chi connectivity index (χ0n) is 10.8. The summed E-state index contributed by atoms with van der Waals surface area (Å²) in [5, 5.41) is 23.8. The fourth-order valence-corrected chi connectivity index (χ4v) is 1.74. The van der Waals surface area contributed by atoms with Gasteiger partial charge in [0.05, 0.1) is 0 Å². The van der Waals surface area contributed by atoms with Crippen LogP contribution < -0.4 is 5.73 Å². The molecule has 8 heteroatoms. The van der Waals surface area contributed by atoms with E-state index in [2.05, 4.69) is 25.6 Å². The number of amidine groups is 1. The van der Waals surface area contributed by atoms with Crippen molar-refractivity contribution in [1.82, 2.24) is 25.2 Å². The first kappa shape index (κ1) is 12.7. The molecule has 0 fully saturated rings. The molecule has 104 valence electrons. The molecule has 3 rings (SSSR count). The Morgan fingerprint density at radius 1 is 1.10 bits per heavy atom. The maximum Gasteiger partial charge on any atom is 0.205 e. The van der Waals surface area contributed by atoms with Crippen molar-refractivity contribution in [3.8, 4) is 17.2 Å². The van der Waals surface area contributed by atoms with Crippen molar-refractivity contribution in [1.29, 1.82) is 0 Å². The van der Waals surface area contributed by atoms with Crippen molar-refractivity contribution in [2.45, 2.75) is 0 Å². The van der Waals surface area contributed by atoms with Gasteiger partial charge in [0.15, 0.2) is 11.7 Å². The SMILES string of the molecule is NC(=NO)c1cccc(-n2nnc(-c3ccccc3)n2)n1. The van der Waals surface area contributed by atoms with Crippen molar-refractivity contribution in [3.63, 3.8) is 0 Å². The predicted molar refractivity (Wildman–Crippen MR) is 74.9 cm³/mol. The average molecular weight is 281 g/mol. The molecule has 1 aromatic carbocycles. The molecule has 2 heterocycles. The number of benzene rings is 1. The van der Waals surface area contributed by atoms with E-state index in [0.29, 0.717) is 17.3 Å². The van der Waals surface area contributed by atoms with E-state index < -0.39 is 0 Å². The minimum Gasteiger partial charge on any atom is -0.409 e. The van der Waals surface area contributed by atoms with E-state index in [-0.39, 0.29) is 5.84 Å².